The van der Waals surface area contributed by atoms with Crippen molar-refractivity contribution in [3.05, 3.63) is 29.8 Å². The molecule has 0 heterocycles. The van der Waals surface area contributed by atoms with Crippen LogP contribution in [-0.2, 0) is 4.79 Å². The SMILES string of the molecule is NC1(C(=O)O)CCC(Oc2cc(F)cc(F)c2)C1. The number of carboxylic acid groups (broad SMARTS) is 1. The molecular weight excluding hydrogens is 244 g/mol. The molecular formula is C12H13F2NO3. The molecule has 2 rings (SSSR count). The Bertz CT molecular complexity index is 460. The minimum atomic E-state index is -1.31. The molecule has 3 N–H and O–H groups in total. The van der Waals surface area contributed by atoms with Gasteiger partial charge in [0.05, 0.1) is 0 Å². The Balaban J connectivity index is 2.06. The van der Waals surface area contributed by atoms with Gasteiger partial charge in [0.15, 0.2) is 0 Å². The number of aliphatic carboxylic acids is 1. The second-order valence-corrected chi connectivity index (χ2v) is 4.55. The predicted octanol–water partition coefficient (Wildman–Crippen LogP) is 1.68. The largest absolute Gasteiger partial charge is 0.490 e. The van der Waals surface area contributed by atoms with Crippen molar-refractivity contribution in [1.82, 2.24) is 0 Å². The lowest BCUT2D eigenvalue weighted by Gasteiger charge is -2.18. The maximum Gasteiger partial charge on any atom is 0.323 e. The van der Waals surface area contributed by atoms with Gasteiger partial charge in [-0.05, 0) is 12.8 Å². The third-order valence-electron chi connectivity index (χ3n) is 3.07. The number of rotatable bonds is 3. The molecule has 1 aliphatic rings. The van der Waals surface area contributed by atoms with Crippen molar-refractivity contribution in [1.29, 1.82) is 0 Å². The molecule has 2 atom stereocenters. The molecule has 0 amide bonds. The van der Waals surface area contributed by atoms with E-state index in [1.165, 1.54) is 0 Å². The molecule has 0 bridgehead atoms. The van der Waals surface area contributed by atoms with Gasteiger partial charge in [0.25, 0.3) is 0 Å². The average molecular weight is 257 g/mol. The van der Waals surface area contributed by atoms with Crippen molar-refractivity contribution < 1.29 is 23.4 Å². The van der Waals surface area contributed by atoms with Crippen molar-refractivity contribution in [3.8, 4) is 5.75 Å². The van der Waals surface area contributed by atoms with E-state index in [0.29, 0.717) is 6.42 Å². The van der Waals surface area contributed by atoms with E-state index in [4.69, 9.17) is 15.6 Å². The van der Waals surface area contributed by atoms with Crippen LogP contribution in [-0.4, -0.2) is 22.7 Å². The van der Waals surface area contributed by atoms with Gasteiger partial charge < -0.3 is 15.6 Å². The number of carboxylic acids is 1. The number of carbonyl (C=O) groups is 1. The molecule has 1 aliphatic carbocycles. The van der Waals surface area contributed by atoms with Crippen molar-refractivity contribution >= 4 is 5.97 Å². The zero-order chi connectivity index (χ0) is 13.3. The molecule has 1 aromatic rings. The average Bonchev–Trinajstić information content (AvgIpc) is 2.60. The van der Waals surface area contributed by atoms with E-state index in [9.17, 15) is 13.6 Å². The highest BCUT2D eigenvalue weighted by molar-refractivity contribution is 5.79. The predicted molar refractivity (Wildman–Crippen MR) is 59.2 cm³/mol. The zero-order valence-electron chi connectivity index (χ0n) is 9.53. The van der Waals surface area contributed by atoms with Gasteiger partial charge in [-0.25, -0.2) is 8.78 Å². The molecule has 1 saturated carbocycles. The van der Waals surface area contributed by atoms with Crippen LogP contribution in [0.15, 0.2) is 18.2 Å². The van der Waals surface area contributed by atoms with Crippen LogP contribution in [0, 0.1) is 11.6 Å². The number of ether oxygens (including phenoxy) is 1. The van der Waals surface area contributed by atoms with E-state index in [1.807, 2.05) is 0 Å². The van der Waals surface area contributed by atoms with E-state index in [-0.39, 0.29) is 18.6 Å². The third kappa shape index (κ3) is 2.59. The van der Waals surface area contributed by atoms with Crippen molar-refractivity contribution in [2.24, 2.45) is 5.73 Å². The van der Waals surface area contributed by atoms with Crippen LogP contribution in [0.1, 0.15) is 19.3 Å². The third-order valence-corrected chi connectivity index (χ3v) is 3.07. The summed E-state index contributed by atoms with van der Waals surface area (Å²) in [5, 5.41) is 8.94. The van der Waals surface area contributed by atoms with Crippen LogP contribution in [0.4, 0.5) is 8.78 Å². The number of hydrogen-bond donors (Lipinski definition) is 2. The fourth-order valence-electron chi connectivity index (χ4n) is 2.11. The van der Waals surface area contributed by atoms with Gasteiger partial charge >= 0.3 is 5.97 Å². The minimum absolute atomic E-state index is 0.0483. The summed E-state index contributed by atoms with van der Waals surface area (Å²) in [5.74, 6) is -2.51. The summed E-state index contributed by atoms with van der Waals surface area (Å²) in [6, 6.07) is 2.85. The molecule has 2 unspecified atom stereocenters. The second kappa shape index (κ2) is 4.53. The van der Waals surface area contributed by atoms with Crippen molar-refractivity contribution in [2.45, 2.75) is 30.9 Å². The van der Waals surface area contributed by atoms with Crippen LogP contribution in [0.25, 0.3) is 0 Å². The fourth-order valence-corrected chi connectivity index (χ4v) is 2.11. The quantitative estimate of drug-likeness (QED) is 0.864. The van der Waals surface area contributed by atoms with Crippen molar-refractivity contribution in [3.63, 3.8) is 0 Å². The Kier molecular flexibility index (Phi) is 3.21. The Morgan fingerprint density at radius 1 is 1.39 bits per heavy atom. The van der Waals surface area contributed by atoms with Gasteiger partial charge in [-0.15, -0.1) is 0 Å². The number of benzene rings is 1. The van der Waals surface area contributed by atoms with Gasteiger partial charge in [0, 0.05) is 24.6 Å². The van der Waals surface area contributed by atoms with E-state index < -0.39 is 29.2 Å². The first-order chi connectivity index (χ1) is 8.39. The Morgan fingerprint density at radius 2 is 2.00 bits per heavy atom. The Labute approximate surface area is 102 Å². The van der Waals surface area contributed by atoms with Gasteiger partial charge in [0.2, 0.25) is 0 Å². The molecule has 0 spiro atoms. The van der Waals surface area contributed by atoms with Crippen LogP contribution >= 0.6 is 0 Å². The van der Waals surface area contributed by atoms with Crippen LogP contribution in [0.2, 0.25) is 0 Å². The highest BCUT2D eigenvalue weighted by Gasteiger charge is 2.43. The summed E-state index contributed by atoms with van der Waals surface area (Å²) in [7, 11) is 0. The van der Waals surface area contributed by atoms with Crippen LogP contribution < -0.4 is 10.5 Å². The molecule has 0 aliphatic heterocycles. The highest BCUT2D eigenvalue weighted by atomic mass is 19.1. The summed E-state index contributed by atoms with van der Waals surface area (Å²) >= 11 is 0. The van der Waals surface area contributed by atoms with Gasteiger partial charge in [-0.2, -0.15) is 0 Å². The monoisotopic (exact) mass is 257 g/mol. The molecule has 0 radical (unpaired) electrons. The van der Waals surface area contributed by atoms with Gasteiger partial charge in [-0.1, -0.05) is 0 Å². The number of hydrogen-bond acceptors (Lipinski definition) is 3. The summed E-state index contributed by atoms with van der Waals surface area (Å²) in [4.78, 5) is 10.9. The molecule has 18 heavy (non-hydrogen) atoms. The molecule has 0 aromatic heterocycles. The lowest BCUT2D eigenvalue weighted by Crippen LogP contribution is -2.46. The molecule has 6 heteroatoms. The highest BCUT2D eigenvalue weighted by Crippen LogP contribution is 2.31. The van der Waals surface area contributed by atoms with Crippen molar-refractivity contribution in [2.75, 3.05) is 0 Å². The fraction of sp³-hybridized carbons (Fsp3) is 0.417. The van der Waals surface area contributed by atoms with Crippen LogP contribution in [0.5, 0.6) is 5.75 Å². The van der Waals surface area contributed by atoms with E-state index >= 15 is 0 Å². The maximum atomic E-state index is 12.9. The first-order valence-corrected chi connectivity index (χ1v) is 5.54. The first-order valence-electron chi connectivity index (χ1n) is 5.54. The first kappa shape index (κ1) is 12.8. The Hall–Kier alpha value is -1.69. The molecule has 4 nitrogen and oxygen atoms in total. The van der Waals surface area contributed by atoms with Crippen LogP contribution in [0.3, 0.4) is 0 Å². The molecule has 1 fully saturated rings. The molecule has 98 valence electrons. The summed E-state index contributed by atoms with van der Waals surface area (Å²) in [5.41, 5.74) is 4.37. The van der Waals surface area contributed by atoms with E-state index in [1.54, 1.807) is 0 Å². The number of nitrogens with two attached hydrogens (primary N) is 1. The normalized spacial score (nSPS) is 27.2. The molecule has 1 aromatic carbocycles. The minimum Gasteiger partial charge on any atom is -0.490 e. The standard InChI is InChI=1S/C12H13F2NO3/c13-7-3-8(14)5-10(4-7)18-9-1-2-12(15,6-9)11(16)17/h3-5,9H,1-2,6,15H2,(H,16,17). The van der Waals surface area contributed by atoms with Gasteiger partial charge in [0.1, 0.15) is 29.0 Å². The zero-order valence-corrected chi connectivity index (χ0v) is 9.53. The molecule has 0 saturated heterocycles. The summed E-state index contributed by atoms with van der Waals surface area (Å²) in [6.45, 7) is 0. The lowest BCUT2D eigenvalue weighted by molar-refractivity contribution is -0.143. The second-order valence-electron chi connectivity index (χ2n) is 4.55. The summed E-state index contributed by atoms with van der Waals surface area (Å²) in [6.07, 6.45) is 0.416. The maximum absolute atomic E-state index is 12.9. The lowest BCUT2D eigenvalue weighted by atomic mass is 10.00. The van der Waals surface area contributed by atoms with Gasteiger partial charge in [-0.3, -0.25) is 4.79 Å². The smallest absolute Gasteiger partial charge is 0.323 e. The van der Waals surface area contributed by atoms with E-state index in [0.717, 1.165) is 18.2 Å². The van der Waals surface area contributed by atoms with E-state index in [2.05, 4.69) is 0 Å². The Morgan fingerprint density at radius 3 is 2.50 bits per heavy atom. The number of halogens is 2. The topological polar surface area (TPSA) is 72.6 Å². The summed E-state index contributed by atoms with van der Waals surface area (Å²) < 4.78 is 31.2.